The fourth-order valence-electron chi connectivity index (χ4n) is 2.91. The van der Waals surface area contributed by atoms with Gasteiger partial charge in [-0.15, -0.1) is 0 Å². The SMILES string of the molecule is O=c1cc(-c2ccncc2)nc(N(CCCCO)CCc2ccccc2)[nH]1. The fraction of sp³-hybridized carbons (Fsp3) is 0.286. The third-order valence-corrected chi connectivity index (χ3v) is 4.35. The van der Waals surface area contributed by atoms with E-state index in [-0.39, 0.29) is 12.2 Å². The highest BCUT2D eigenvalue weighted by Crippen LogP contribution is 2.17. The number of hydrogen-bond acceptors (Lipinski definition) is 5. The van der Waals surface area contributed by atoms with Gasteiger partial charge in [-0.1, -0.05) is 30.3 Å². The lowest BCUT2D eigenvalue weighted by Crippen LogP contribution is -2.31. The number of benzene rings is 1. The molecule has 0 aliphatic carbocycles. The first-order valence-electron chi connectivity index (χ1n) is 9.18. The molecule has 0 unspecified atom stereocenters. The first-order chi connectivity index (χ1) is 13.3. The summed E-state index contributed by atoms with van der Waals surface area (Å²) in [6.45, 7) is 1.61. The van der Waals surface area contributed by atoms with Crippen LogP contribution in [0.3, 0.4) is 0 Å². The Morgan fingerprint density at radius 2 is 1.78 bits per heavy atom. The Hall–Kier alpha value is -2.99. The molecule has 0 saturated heterocycles. The molecular weight excluding hydrogens is 340 g/mol. The highest BCUT2D eigenvalue weighted by molar-refractivity contribution is 5.59. The molecule has 0 fully saturated rings. The second-order valence-electron chi connectivity index (χ2n) is 6.34. The van der Waals surface area contributed by atoms with Crippen molar-refractivity contribution in [2.45, 2.75) is 19.3 Å². The van der Waals surface area contributed by atoms with Crippen molar-refractivity contribution in [3.05, 3.63) is 76.8 Å². The Kier molecular flexibility index (Phi) is 6.71. The number of anilines is 1. The van der Waals surface area contributed by atoms with Crippen molar-refractivity contribution in [1.82, 2.24) is 15.0 Å². The molecule has 140 valence electrons. The summed E-state index contributed by atoms with van der Waals surface area (Å²) < 4.78 is 0. The molecule has 0 aliphatic rings. The number of nitrogens with one attached hydrogen (secondary N) is 1. The second-order valence-corrected chi connectivity index (χ2v) is 6.34. The summed E-state index contributed by atoms with van der Waals surface area (Å²) in [5, 5.41) is 9.10. The van der Waals surface area contributed by atoms with Crippen molar-refractivity contribution in [3.63, 3.8) is 0 Å². The van der Waals surface area contributed by atoms with Crippen LogP contribution in [-0.4, -0.2) is 39.8 Å². The molecule has 6 nitrogen and oxygen atoms in total. The van der Waals surface area contributed by atoms with Crippen molar-refractivity contribution < 1.29 is 5.11 Å². The molecule has 0 saturated carbocycles. The Bertz CT molecular complexity index is 881. The number of hydrogen-bond donors (Lipinski definition) is 2. The standard InChI is InChI=1S/C21H24N4O2/c26-15-5-4-13-25(14-10-17-6-2-1-3-7-17)21-23-19(16-20(27)24-21)18-8-11-22-12-9-18/h1-3,6-9,11-12,16,26H,4-5,10,13-15H2,(H,23,24,27). The summed E-state index contributed by atoms with van der Waals surface area (Å²) in [7, 11) is 0. The lowest BCUT2D eigenvalue weighted by Gasteiger charge is -2.23. The zero-order valence-corrected chi connectivity index (χ0v) is 15.2. The molecule has 0 amide bonds. The summed E-state index contributed by atoms with van der Waals surface area (Å²) in [5.74, 6) is 0.559. The third-order valence-electron chi connectivity index (χ3n) is 4.35. The summed E-state index contributed by atoms with van der Waals surface area (Å²) >= 11 is 0. The molecule has 0 atom stereocenters. The Morgan fingerprint density at radius 3 is 2.52 bits per heavy atom. The van der Waals surface area contributed by atoms with Gasteiger partial charge in [-0.05, 0) is 37.0 Å². The fourth-order valence-corrected chi connectivity index (χ4v) is 2.91. The summed E-state index contributed by atoms with van der Waals surface area (Å²) in [4.78, 5) is 25.8. The normalized spacial score (nSPS) is 10.7. The van der Waals surface area contributed by atoms with E-state index >= 15 is 0 Å². The number of nitrogens with zero attached hydrogens (tertiary/aromatic N) is 3. The van der Waals surface area contributed by atoms with Crippen molar-refractivity contribution >= 4 is 5.95 Å². The molecule has 1 aromatic carbocycles. The Morgan fingerprint density at radius 1 is 1.00 bits per heavy atom. The number of pyridine rings is 1. The van der Waals surface area contributed by atoms with Crippen LogP contribution in [0.15, 0.2) is 65.7 Å². The first kappa shape index (κ1) is 18.8. The monoisotopic (exact) mass is 364 g/mol. The van der Waals surface area contributed by atoms with E-state index in [2.05, 4.69) is 32.0 Å². The molecule has 0 spiro atoms. The molecule has 0 bridgehead atoms. The second kappa shape index (κ2) is 9.64. The lowest BCUT2D eigenvalue weighted by atomic mass is 10.1. The van der Waals surface area contributed by atoms with Gasteiger partial charge in [0.2, 0.25) is 5.95 Å². The van der Waals surface area contributed by atoms with Crippen molar-refractivity contribution in [2.75, 3.05) is 24.6 Å². The van der Waals surface area contributed by atoms with Gasteiger partial charge in [0.05, 0.1) is 5.69 Å². The van der Waals surface area contributed by atoms with E-state index in [4.69, 9.17) is 5.11 Å². The van der Waals surface area contributed by atoms with Crippen LogP contribution in [-0.2, 0) is 6.42 Å². The van der Waals surface area contributed by atoms with Gasteiger partial charge in [0.1, 0.15) is 0 Å². The third kappa shape index (κ3) is 5.49. The van der Waals surface area contributed by atoms with Gasteiger partial charge in [-0.25, -0.2) is 4.98 Å². The maximum atomic E-state index is 12.2. The molecule has 3 aromatic rings. The van der Waals surface area contributed by atoms with E-state index in [9.17, 15) is 4.79 Å². The maximum Gasteiger partial charge on any atom is 0.252 e. The molecule has 3 rings (SSSR count). The van der Waals surface area contributed by atoms with Crippen molar-refractivity contribution in [2.24, 2.45) is 0 Å². The van der Waals surface area contributed by atoms with Crippen LogP contribution in [0.1, 0.15) is 18.4 Å². The van der Waals surface area contributed by atoms with E-state index in [0.29, 0.717) is 11.6 Å². The van der Waals surface area contributed by atoms with Gasteiger partial charge in [-0.2, -0.15) is 0 Å². The Labute approximate surface area is 158 Å². The number of H-pyrrole nitrogens is 1. The van der Waals surface area contributed by atoms with Gasteiger partial charge >= 0.3 is 0 Å². The Balaban J connectivity index is 1.84. The molecule has 2 heterocycles. The van der Waals surface area contributed by atoms with Crippen LogP contribution in [0.2, 0.25) is 0 Å². The number of rotatable bonds is 9. The van der Waals surface area contributed by atoms with Gasteiger partial charge in [0.15, 0.2) is 0 Å². The molecule has 2 N–H and O–H groups in total. The minimum atomic E-state index is -0.182. The summed E-state index contributed by atoms with van der Waals surface area (Å²) in [5.41, 5.74) is 2.54. The number of aliphatic hydroxyl groups excluding tert-OH is 1. The highest BCUT2D eigenvalue weighted by Gasteiger charge is 2.12. The summed E-state index contributed by atoms with van der Waals surface area (Å²) in [6.07, 6.45) is 5.77. The van der Waals surface area contributed by atoms with Crippen LogP contribution in [0.4, 0.5) is 5.95 Å². The number of aromatic amines is 1. The van der Waals surface area contributed by atoms with Gasteiger partial charge < -0.3 is 10.0 Å². The molecule has 6 heteroatoms. The number of aromatic nitrogens is 3. The molecule has 27 heavy (non-hydrogen) atoms. The van der Waals surface area contributed by atoms with Gasteiger partial charge in [0.25, 0.3) is 5.56 Å². The average molecular weight is 364 g/mol. The van der Waals surface area contributed by atoms with Crippen LogP contribution >= 0.6 is 0 Å². The van der Waals surface area contributed by atoms with Crippen LogP contribution < -0.4 is 10.5 Å². The zero-order chi connectivity index (χ0) is 18.9. The van der Waals surface area contributed by atoms with E-state index < -0.39 is 0 Å². The van der Waals surface area contributed by atoms with Gasteiger partial charge in [-0.3, -0.25) is 14.8 Å². The molecule has 0 aliphatic heterocycles. The first-order valence-corrected chi connectivity index (χ1v) is 9.18. The molecule has 2 aromatic heterocycles. The van der Waals surface area contributed by atoms with Crippen LogP contribution in [0.25, 0.3) is 11.3 Å². The van der Waals surface area contributed by atoms with Crippen molar-refractivity contribution in [3.8, 4) is 11.3 Å². The minimum Gasteiger partial charge on any atom is -0.396 e. The predicted octanol–water partition coefficient (Wildman–Crippen LogP) is 2.65. The predicted molar refractivity (Wildman–Crippen MR) is 107 cm³/mol. The van der Waals surface area contributed by atoms with E-state index in [1.165, 1.54) is 11.6 Å². The van der Waals surface area contributed by atoms with Crippen LogP contribution in [0.5, 0.6) is 0 Å². The maximum absolute atomic E-state index is 12.2. The molecular formula is C21H24N4O2. The average Bonchev–Trinajstić information content (AvgIpc) is 2.71. The number of unbranched alkanes of at least 4 members (excludes halogenated alkanes) is 1. The van der Waals surface area contributed by atoms with E-state index in [1.54, 1.807) is 12.4 Å². The van der Waals surface area contributed by atoms with E-state index in [0.717, 1.165) is 37.9 Å². The zero-order valence-electron chi connectivity index (χ0n) is 15.2. The van der Waals surface area contributed by atoms with Crippen molar-refractivity contribution in [1.29, 1.82) is 0 Å². The summed E-state index contributed by atoms with van der Waals surface area (Å²) in [6, 6.07) is 15.4. The van der Waals surface area contributed by atoms with E-state index in [1.807, 2.05) is 30.3 Å². The van der Waals surface area contributed by atoms with Gasteiger partial charge in [0, 0.05) is 43.7 Å². The van der Waals surface area contributed by atoms with Crippen LogP contribution in [0, 0.1) is 0 Å². The largest absolute Gasteiger partial charge is 0.396 e. The number of aliphatic hydroxyl groups is 1. The quantitative estimate of drug-likeness (QED) is 0.571. The molecule has 0 radical (unpaired) electrons. The topological polar surface area (TPSA) is 82.1 Å². The minimum absolute atomic E-state index is 0.160. The highest BCUT2D eigenvalue weighted by atomic mass is 16.2. The lowest BCUT2D eigenvalue weighted by molar-refractivity contribution is 0.285. The smallest absolute Gasteiger partial charge is 0.252 e.